The van der Waals surface area contributed by atoms with E-state index in [1.807, 2.05) is 0 Å². The zero-order valence-corrected chi connectivity index (χ0v) is 18.2. The second-order valence-electron chi connectivity index (χ2n) is 7.04. The molecule has 0 aromatic heterocycles. The van der Waals surface area contributed by atoms with E-state index in [2.05, 4.69) is 10.6 Å². The van der Waals surface area contributed by atoms with Gasteiger partial charge in [-0.25, -0.2) is 0 Å². The zero-order valence-electron chi connectivity index (χ0n) is 16.7. The highest BCUT2D eigenvalue weighted by molar-refractivity contribution is 6.36. The second kappa shape index (κ2) is 11.8. The summed E-state index contributed by atoms with van der Waals surface area (Å²) in [6.45, 7) is -1.13. The summed E-state index contributed by atoms with van der Waals surface area (Å²) < 4.78 is 4.93. The largest absolute Gasteiger partial charge is 0.454 e. The average Bonchev–Trinajstić information content (AvgIpc) is 2.74. The Hall–Kier alpha value is -2.32. The van der Waals surface area contributed by atoms with E-state index in [0.29, 0.717) is 5.02 Å². The number of hydrogen-bond donors (Lipinski definition) is 2. The monoisotopic (exact) mass is 457 g/mol. The first-order chi connectivity index (χ1) is 14.3. The third-order valence-corrected chi connectivity index (χ3v) is 5.44. The Morgan fingerprint density at radius 2 is 1.77 bits per heavy atom. The summed E-state index contributed by atoms with van der Waals surface area (Å²) in [5.41, 5.74) is 0.175. The third-order valence-electron chi connectivity index (χ3n) is 4.89. The van der Waals surface area contributed by atoms with Crippen LogP contribution in [-0.4, -0.2) is 61.4 Å². The van der Waals surface area contributed by atoms with E-state index >= 15 is 0 Å². The van der Waals surface area contributed by atoms with Crippen LogP contribution < -0.4 is 10.6 Å². The predicted molar refractivity (Wildman–Crippen MR) is 112 cm³/mol. The van der Waals surface area contributed by atoms with E-state index in [0.717, 1.165) is 25.7 Å². The van der Waals surface area contributed by atoms with Gasteiger partial charge in [0.15, 0.2) is 6.61 Å². The molecule has 1 aromatic rings. The van der Waals surface area contributed by atoms with Gasteiger partial charge in [0.1, 0.15) is 6.54 Å². The number of rotatable bonds is 8. The van der Waals surface area contributed by atoms with Crippen LogP contribution in [0.4, 0.5) is 0 Å². The highest BCUT2D eigenvalue weighted by Crippen LogP contribution is 2.22. The summed E-state index contributed by atoms with van der Waals surface area (Å²) in [6, 6.07) is 4.55. The van der Waals surface area contributed by atoms with Crippen molar-refractivity contribution in [1.29, 1.82) is 0 Å². The molecule has 1 saturated carbocycles. The smallest absolute Gasteiger partial charge is 0.325 e. The number of halogens is 2. The lowest BCUT2D eigenvalue weighted by Crippen LogP contribution is -2.42. The van der Waals surface area contributed by atoms with Gasteiger partial charge in [-0.3, -0.25) is 19.2 Å². The van der Waals surface area contributed by atoms with Crippen molar-refractivity contribution in [2.24, 2.45) is 0 Å². The number of esters is 1. The summed E-state index contributed by atoms with van der Waals surface area (Å²) in [4.78, 5) is 49.4. The molecule has 2 N–H and O–H groups in total. The molecule has 8 nitrogen and oxygen atoms in total. The molecule has 2 rings (SSSR count). The molecule has 10 heteroatoms. The Labute approximate surface area is 185 Å². The molecule has 164 valence electrons. The fourth-order valence-electron chi connectivity index (χ4n) is 3.13. The van der Waals surface area contributed by atoms with Gasteiger partial charge in [-0.05, 0) is 31.0 Å². The fraction of sp³-hybridized carbons (Fsp3) is 0.500. The Balaban J connectivity index is 1.65. The van der Waals surface area contributed by atoms with Gasteiger partial charge in [-0.2, -0.15) is 0 Å². The Kier molecular flexibility index (Phi) is 9.39. The Bertz CT molecular complexity index is 797. The summed E-state index contributed by atoms with van der Waals surface area (Å²) >= 11 is 11.7. The lowest BCUT2D eigenvalue weighted by Gasteiger charge is -2.31. The van der Waals surface area contributed by atoms with Crippen LogP contribution in [0.2, 0.25) is 10.0 Å². The van der Waals surface area contributed by atoms with Gasteiger partial charge < -0.3 is 20.3 Å². The quantitative estimate of drug-likeness (QED) is 0.581. The van der Waals surface area contributed by atoms with Crippen LogP contribution in [0.25, 0.3) is 0 Å². The number of ether oxygens (including phenoxy) is 1. The molecule has 0 heterocycles. The van der Waals surface area contributed by atoms with Crippen LogP contribution in [-0.2, 0) is 19.1 Å². The van der Waals surface area contributed by atoms with Crippen molar-refractivity contribution in [2.45, 2.75) is 38.1 Å². The molecule has 3 amide bonds. The molecule has 0 aliphatic heterocycles. The first-order valence-corrected chi connectivity index (χ1v) is 10.4. The molecular weight excluding hydrogens is 433 g/mol. The SMILES string of the molecule is CN(C(=O)COC(=O)CNC(=O)CNC(=O)c1ccc(Cl)cc1Cl)C1CCCCC1. The molecule has 0 saturated heterocycles. The number of carbonyl (C=O) groups excluding carboxylic acids is 4. The number of amides is 3. The molecule has 1 aromatic carbocycles. The maximum absolute atomic E-state index is 12.1. The summed E-state index contributed by atoms with van der Waals surface area (Å²) in [5.74, 6) is -2.14. The van der Waals surface area contributed by atoms with Crippen LogP contribution in [0, 0.1) is 0 Å². The van der Waals surface area contributed by atoms with Crippen LogP contribution >= 0.6 is 23.2 Å². The topological polar surface area (TPSA) is 105 Å². The highest BCUT2D eigenvalue weighted by atomic mass is 35.5. The highest BCUT2D eigenvalue weighted by Gasteiger charge is 2.22. The van der Waals surface area contributed by atoms with Gasteiger partial charge in [-0.1, -0.05) is 42.5 Å². The van der Waals surface area contributed by atoms with E-state index in [1.54, 1.807) is 11.9 Å². The van der Waals surface area contributed by atoms with E-state index in [1.165, 1.54) is 24.6 Å². The minimum Gasteiger partial charge on any atom is -0.454 e. The number of likely N-dealkylation sites (N-methyl/N-ethyl adjacent to an activating group) is 1. The average molecular weight is 458 g/mol. The van der Waals surface area contributed by atoms with Gasteiger partial charge >= 0.3 is 5.97 Å². The number of hydrogen-bond acceptors (Lipinski definition) is 5. The Morgan fingerprint density at radius 3 is 2.43 bits per heavy atom. The van der Waals surface area contributed by atoms with E-state index in [9.17, 15) is 19.2 Å². The van der Waals surface area contributed by atoms with Crippen molar-refractivity contribution in [1.82, 2.24) is 15.5 Å². The van der Waals surface area contributed by atoms with Gasteiger partial charge in [0.2, 0.25) is 5.91 Å². The Morgan fingerprint density at radius 1 is 1.07 bits per heavy atom. The maximum atomic E-state index is 12.1. The number of nitrogens with one attached hydrogen (secondary N) is 2. The predicted octanol–water partition coefficient (Wildman–Crippen LogP) is 2.17. The molecule has 1 aliphatic carbocycles. The van der Waals surface area contributed by atoms with Crippen molar-refractivity contribution >= 4 is 46.9 Å². The fourth-order valence-corrected chi connectivity index (χ4v) is 3.62. The summed E-state index contributed by atoms with van der Waals surface area (Å²) in [5, 5.41) is 5.26. The molecule has 0 atom stereocenters. The van der Waals surface area contributed by atoms with Gasteiger partial charge in [0, 0.05) is 18.1 Å². The first kappa shape index (κ1) is 24.0. The van der Waals surface area contributed by atoms with E-state index in [4.69, 9.17) is 27.9 Å². The van der Waals surface area contributed by atoms with Crippen molar-refractivity contribution < 1.29 is 23.9 Å². The molecule has 0 bridgehead atoms. The number of carbonyl (C=O) groups is 4. The van der Waals surface area contributed by atoms with E-state index < -0.39 is 24.3 Å². The first-order valence-electron chi connectivity index (χ1n) is 9.69. The lowest BCUT2D eigenvalue weighted by atomic mass is 9.94. The van der Waals surface area contributed by atoms with Crippen molar-refractivity contribution in [3.63, 3.8) is 0 Å². The molecule has 1 fully saturated rings. The third kappa shape index (κ3) is 7.50. The standard InChI is InChI=1S/C20H25Cl2N3O5/c1-25(14-5-3-2-4-6-14)18(27)12-30-19(28)11-23-17(26)10-24-20(29)15-8-7-13(21)9-16(15)22/h7-9,14H,2-6,10-12H2,1H3,(H,23,26)(H,24,29). The van der Waals surface area contributed by atoms with Crippen LogP contribution in [0.5, 0.6) is 0 Å². The van der Waals surface area contributed by atoms with Crippen molar-refractivity contribution in [3.05, 3.63) is 33.8 Å². The molecule has 0 radical (unpaired) electrons. The van der Waals surface area contributed by atoms with Crippen molar-refractivity contribution in [3.8, 4) is 0 Å². The number of nitrogens with zero attached hydrogens (tertiary/aromatic N) is 1. The zero-order chi connectivity index (χ0) is 22.1. The maximum Gasteiger partial charge on any atom is 0.325 e. The van der Waals surface area contributed by atoms with Gasteiger partial charge in [0.25, 0.3) is 11.8 Å². The van der Waals surface area contributed by atoms with Crippen molar-refractivity contribution in [2.75, 3.05) is 26.7 Å². The minimum absolute atomic E-state index is 0.159. The van der Waals surface area contributed by atoms with Crippen LogP contribution in [0.15, 0.2) is 18.2 Å². The molecule has 1 aliphatic rings. The van der Waals surface area contributed by atoms with E-state index in [-0.39, 0.29) is 35.7 Å². The molecule has 0 unspecified atom stereocenters. The van der Waals surface area contributed by atoms with Gasteiger partial charge in [-0.15, -0.1) is 0 Å². The normalized spacial score (nSPS) is 14.0. The summed E-state index contributed by atoms with van der Waals surface area (Å²) in [6.07, 6.45) is 5.28. The lowest BCUT2D eigenvalue weighted by molar-refractivity contribution is -0.152. The van der Waals surface area contributed by atoms with Crippen LogP contribution in [0.3, 0.4) is 0 Å². The molecular formula is C20H25Cl2N3O5. The van der Waals surface area contributed by atoms with Gasteiger partial charge in [0.05, 0.1) is 17.1 Å². The molecule has 0 spiro atoms. The minimum atomic E-state index is -0.735. The van der Waals surface area contributed by atoms with Crippen LogP contribution in [0.1, 0.15) is 42.5 Å². The second-order valence-corrected chi connectivity index (χ2v) is 7.88. The number of benzene rings is 1. The molecule has 30 heavy (non-hydrogen) atoms. The summed E-state index contributed by atoms with van der Waals surface area (Å²) in [7, 11) is 1.71.